The van der Waals surface area contributed by atoms with E-state index in [-0.39, 0.29) is 28.3 Å². The summed E-state index contributed by atoms with van der Waals surface area (Å²) in [6, 6.07) is 9.44. The predicted octanol–water partition coefficient (Wildman–Crippen LogP) is 2.34. The second-order valence-corrected chi connectivity index (χ2v) is 3.61. The molecule has 3 N–H and O–H groups in total. The molecule has 0 aromatic heterocycles. The third-order valence-corrected chi connectivity index (χ3v) is 2.37. The number of nitrogen functional groups attached to an aromatic ring is 1. The quantitative estimate of drug-likeness (QED) is 0.616. The van der Waals surface area contributed by atoms with Crippen molar-refractivity contribution in [3.05, 3.63) is 59.4 Å². The van der Waals surface area contributed by atoms with Crippen LogP contribution in [-0.4, -0.2) is 10.9 Å². The molecule has 2 aromatic rings. The predicted molar refractivity (Wildman–Crippen MR) is 62.4 cm³/mol. The van der Waals surface area contributed by atoms with Gasteiger partial charge in [0, 0.05) is 22.9 Å². The summed E-state index contributed by atoms with van der Waals surface area (Å²) < 4.78 is 13.0. The zero-order valence-electron chi connectivity index (χ0n) is 8.85. The van der Waals surface area contributed by atoms with E-state index in [1.54, 1.807) is 0 Å². The monoisotopic (exact) mass is 231 g/mol. The minimum Gasteiger partial charge on any atom is -0.508 e. The number of carbonyl (C=O) groups excluding carboxylic acids is 1. The summed E-state index contributed by atoms with van der Waals surface area (Å²) in [7, 11) is 0. The van der Waals surface area contributed by atoms with Crippen molar-refractivity contribution in [2.24, 2.45) is 0 Å². The molecule has 0 aliphatic heterocycles. The molecule has 0 radical (unpaired) electrons. The van der Waals surface area contributed by atoms with E-state index in [4.69, 9.17) is 5.73 Å². The van der Waals surface area contributed by atoms with E-state index in [9.17, 15) is 14.3 Å². The Hall–Kier alpha value is -2.36. The van der Waals surface area contributed by atoms with Crippen molar-refractivity contribution in [3.63, 3.8) is 0 Å². The number of rotatable bonds is 2. The van der Waals surface area contributed by atoms with E-state index in [0.29, 0.717) is 0 Å². The smallest absolute Gasteiger partial charge is 0.195 e. The average Bonchev–Trinajstić information content (AvgIpc) is 2.28. The normalized spacial score (nSPS) is 10.2. The van der Waals surface area contributed by atoms with Gasteiger partial charge >= 0.3 is 0 Å². The Labute approximate surface area is 97.3 Å². The van der Waals surface area contributed by atoms with Gasteiger partial charge in [0.2, 0.25) is 0 Å². The highest BCUT2D eigenvalue weighted by molar-refractivity contribution is 6.12. The number of aromatic hydroxyl groups is 1. The number of ketones is 1. The van der Waals surface area contributed by atoms with Gasteiger partial charge in [-0.25, -0.2) is 4.39 Å². The largest absolute Gasteiger partial charge is 0.508 e. The third kappa shape index (κ3) is 2.25. The van der Waals surface area contributed by atoms with Crippen LogP contribution in [0.3, 0.4) is 0 Å². The topological polar surface area (TPSA) is 63.3 Å². The molecule has 0 saturated carbocycles. The van der Waals surface area contributed by atoms with Crippen LogP contribution in [0.5, 0.6) is 5.75 Å². The Kier molecular flexibility index (Phi) is 2.78. The summed E-state index contributed by atoms with van der Waals surface area (Å²) >= 11 is 0. The van der Waals surface area contributed by atoms with Crippen molar-refractivity contribution >= 4 is 11.5 Å². The van der Waals surface area contributed by atoms with E-state index >= 15 is 0 Å². The second-order valence-electron chi connectivity index (χ2n) is 3.61. The number of carbonyl (C=O) groups is 1. The Morgan fingerprint density at radius 1 is 1.18 bits per heavy atom. The Balaban J connectivity index is 2.44. The van der Waals surface area contributed by atoms with E-state index in [1.807, 2.05) is 0 Å². The van der Waals surface area contributed by atoms with Crippen molar-refractivity contribution in [2.45, 2.75) is 0 Å². The van der Waals surface area contributed by atoms with Crippen LogP contribution in [0.15, 0.2) is 42.5 Å². The van der Waals surface area contributed by atoms with Crippen LogP contribution in [0.2, 0.25) is 0 Å². The molecule has 0 bridgehead atoms. The Morgan fingerprint density at radius 2 is 1.94 bits per heavy atom. The highest BCUT2D eigenvalue weighted by atomic mass is 19.1. The number of hydrogen-bond acceptors (Lipinski definition) is 3. The highest BCUT2D eigenvalue weighted by Gasteiger charge is 2.13. The highest BCUT2D eigenvalue weighted by Crippen LogP contribution is 2.21. The average molecular weight is 231 g/mol. The van der Waals surface area contributed by atoms with E-state index in [2.05, 4.69) is 0 Å². The van der Waals surface area contributed by atoms with E-state index in [1.165, 1.54) is 36.4 Å². The van der Waals surface area contributed by atoms with Crippen molar-refractivity contribution in [3.8, 4) is 5.75 Å². The van der Waals surface area contributed by atoms with Gasteiger partial charge in [-0.2, -0.15) is 0 Å². The van der Waals surface area contributed by atoms with Crippen LogP contribution in [0.4, 0.5) is 10.1 Å². The van der Waals surface area contributed by atoms with E-state index in [0.717, 1.165) is 6.07 Å². The van der Waals surface area contributed by atoms with Crippen molar-refractivity contribution < 1.29 is 14.3 Å². The fourth-order valence-electron chi connectivity index (χ4n) is 1.54. The third-order valence-electron chi connectivity index (χ3n) is 2.37. The van der Waals surface area contributed by atoms with Crippen LogP contribution < -0.4 is 5.73 Å². The summed E-state index contributed by atoms with van der Waals surface area (Å²) in [5.41, 5.74) is 6.26. The molecule has 17 heavy (non-hydrogen) atoms. The lowest BCUT2D eigenvalue weighted by Crippen LogP contribution is -2.05. The number of benzene rings is 2. The van der Waals surface area contributed by atoms with Gasteiger partial charge < -0.3 is 10.8 Å². The second kappa shape index (κ2) is 4.25. The van der Waals surface area contributed by atoms with Gasteiger partial charge in [-0.05, 0) is 24.3 Å². The van der Waals surface area contributed by atoms with Crippen molar-refractivity contribution in [1.29, 1.82) is 0 Å². The van der Waals surface area contributed by atoms with Gasteiger partial charge in [-0.3, -0.25) is 4.79 Å². The van der Waals surface area contributed by atoms with Gasteiger partial charge in [0.15, 0.2) is 5.78 Å². The lowest BCUT2D eigenvalue weighted by atomic mass is 10.0. The molecule has 0 saturated heterocycles. The SMILES string of the molecule is Nc1cc(O)ccc1C(=O)c1cccc(F)c1. The van der Waals surface area contributed by atoms with Gasteiger partial charge in [-0.15, -0.1) is 0 Å². The maximum Gasteiger partial charge on any atom is 0.195 e. The molecule has 0 amide bonds. The molecule has 0 fully saturated rings. The molecular weight excluding hydrogens is 221 g/mol. The number of phenolic OH excluding ortho intramolecular Hbond substituents is 1. The summed E-state index contributed by atoms with van der Waals surface area (Å²) in [6.45, 7) is 0. The summed E-state index contributed by atoms with van der Waals surface area (Å²) in [5, 5.41) is 9.18. The minimum atomic E-state index is -0.479. The molecule has 0 atom stereocenters. The number of hydrogen-bond donors (Lipinski definition) is 2. The zero-order chi connectivity index (χ0) is 12.4. The first-order chi connectivity index (χ1) is 8.08. The van der Waals surface area contributed by atoms with Gasteiger partial charge in [-0.1, -0.05) is 12.1 Å². The van der Waals surface area contributed by atoms with Crippen LogP contribution in [0.25, 0.3) is 0 Å². The Morgan fingerprint density at radius 3 is 2.59 bits per heavy atom. The molecule has 2 aromatic carbocycles. The lowest BCUT2D eigenvalue weighted by Gasteiger charge is -2.05. The summed E-state index contributed by atoms with van der Waals surface area (Å²) in [4.78, 5) is 12.0. The summed E-state index contributed by atoms with van der Waals surface area (Å²) in [6.07, 6.45) is 0. The van der Waals surface area contributed by atoms with Crippen molar-refractivity contribution in [2.75, 3.05) is 5.73 Å². The molecule has 3 nitrogen and oxygen atoms in total. The lowest BCUT2D eigenvalue weighted by molar-refractivity contribution is 0.103. The molecule has 0 aliphatic carbocycles. The molecule has 4 heteroatoms. The molecule has 0 unspecified atom stereocenters. The maximum absolute atomic E-state index is 13.0. The molecule has 0 heterocycles. The summed E-state index contributed by atoms with van der Waals surface area (Å²) in [5.74, 6) is -0.867. The standard InChI is InChI=1S/C13H10FNO2/c14-9-3-1-2-8(6-9)13(17)11-5-4-10(16)7-12(11)15/h1-7,16H,15H2. The number of phenols is 1. The first-order valence-electron chi connectivity index (χ1n) is 4.96. The van der Waals surface area contributed by atoms with Gasteiger partial charge in [0.05, 0.1) is 0 Å². The Bertz CT molecular complexity index is 581. The van der Waals surface area contributed by atoms with Crippen LogP contribution >= 0.6 is 0 Å². The van der Waals surface area contributed by atoms with Crippen LogP contribution in [-0.2, 0) is 0 Å². The molecule has 0 aliphatic rings. The van der Waals surface area contributed by atoms with Crippen LogP contribution in [0, 0.1) is 5.82 Å². The van der Waals surface area contributed by atoms with Crippen LogP contribution in [0.1, 0.15) is 15.9 Å². The first kappa shape index (κ1) is 11.1. The minimum absolute atomic E-state index is 0.0155. The molecule has 86 valence electrons. The molecule has 0 spiro atoms. The van der Waals surface area contributed by atoms with E-state index < -0.39 is 5.82 Å². The fourth-order valence-corrected chi connectivity index (χ4v) is 1.54. The van der Waals surface area contributed by atoms with Gasteiger partial charge in [0.25, 0.3) is 0 Å². The maximum atomic E-state index is 13.0. The van der Waals surface area contributed by atoms with Gasteiger partial charge in [0.1, 0.15) is 11.6 Å². The first-order valence-corrected chi connectivity index (χ1v) is 4.96. The number of anilines is 1. The molecular formula is C13H10FNO2. The number of nitrogens with two attached hydrogens (primary N) is 1. The fraction of sp³-hybridized carbons (Fsp3) is 0. The van der Waals surface area contributed by atoms with Crippen molar-refractivity contribution in [1.82, 2.24) is 0 Å². The molecule has 2 rings (SSSR count). The zero-order valence-corrected chi connectivity index (χ0v) is 8.85. The number of halogens is 1.